The molecule has 1 N–H and O–H groups in total. The first-order valence-corrected chi connectivity index (χ1v) is 9.32. The average molecular weight is 392 g/mol. The second-order valence-corrected chi connectivity index (χ2v) is 7.14. The molecule has 27 heavy (non-hydrogen) atoms. The molecule has 0 atom stereocenters. The van der Waals surface area contributed by atoms with Crippen LogP contribution in [0.3, 0.4) is 0 Å². The van der Waals surface area contributed by atoms with Gasteiger partial charge < -0.3 is 9.47 Å². The Kier molecular flexibility index (Phi) is 6.87. The quantitative estimate of drug-likeness (QED) is 0.546. The van der Waals surface area contributed by atoms with Crippen LogP contribution in [0.25, 0.3) is 0 Å². The topological polar surface area (TPSA) is 105 Å². The maximum Gasteiger partial charge on any atom is 0.338 e. The summed E-state index contributed by atoms with van der Waals surface area (Å²) < 4.78 is 49.8. The number of carbonyl (C=O) groups excluding carboxylic acids is 1. The summed E-state index contributed by atoms with van der Waals surface area (Å²) in [7, 11) is -2.40. The molecule has 2 aromatic rings. The van der Waals surface area contributed by atoms with E-state index in [-0.39, 0.29) is 35.8 Å². The van der Waals surface area contributed by atoms with Crippen LogP contribution in [0.2, 0.25) is 0 Å². The Morgan fingerprint density at radius 2 is 1.93 bits per heavy atom. The lowest BCUT2D eigenvalue weighted by Crippen LogP contribution is -2.24. The zero-order chi connectivity index (χ0) is 19.9. The van der Waals surface area contributed by atoms with Crippen molar-refractivity contribution in [3.8, 4) is 11.8 Å². The fraction of sp³-hybridized carbons (Fsp3) is 0.222. The predicted molar refractivity (Wildman–Crippen MR) is 93.9 cm³/mol. The molecule has 7 nitrogen and oxygen atoms in total. The summed E-state index contributed by atoms with van der Waals surface area (Å²) in [5.41, 5.74) is 0.600. The SMILES string of the molecule is COc1ccc(COC(=O)c2ccc(S(=O)(=O)NCCC#N)cc2)cc1F. The molecule has 2 aromatic carbocycles. The van der Waals surface area contributed by atoms with Crippen LogP contribution in [-0.4, -0.2) is 28.0 Å². The molecule has 0 unspecified atom stereocenters. The molecule has 0 amide bonds. The summed E-state index contributed by atoms with van der Waals surface area (Å²) in [4.78, 5) is 12.0. The standard InChI is InChI=1S/C18H17FN2O5S/c1-25-17-8-3-13(11-16(17)19)12-26-18(22)14-4-6-15(7-5-14)27(23,24)21-10-2-9-20/h3-8,11,21H,2,10,12H2,1H3. The van der Waals surface area contributed by atoms with Crippen molar-refractivity contribution < 1.29 is 27.1 Å². The number of halogens is 1. The fourth-order valence-electron chi connectivity index (χ4n) is 2.13. The van der Waals surface area contributed by atoms with Crippen molar-refractivity contribution in [3.05, 3.63) is 59.4 Å². The van der Waals surface area contributed by atoms with Gasteiger partial charge in [-0.2, -0.15) is 5.26 Å². The normalized spacial score (nSPS) is 10.9. The Labute approximate surface area is 156 Å². The summed E-state index contributed by atoms with van der Waals surface area (Å²) in [5, 5.41) is 8.44. The van der Waals surface area contributed by atoms with Crippen molar-refractivity contribution in [2.75, 3.05) is 13.7 Å². The van der Waals surface area contributed by atoms with Crippen LogP contribution in [0.4, 0.5) is 4.39 Å². The maximum absolute atomic E-state index is 13.6. The molecule has 0 saturated carbocycles. The van der Waals surface area contributed by atoms with Crippen LogP contribution in [0, 0.1) is 17.1 Å². The first-order chi connectivity index (χ1) is 12.9. The zero-order valence-electron chi connectivity index (χ0n) is 14.4. The number of nitrogens with zero attached hydrogens (tertiary/aromatic N) is 1. The molecule has 0 aliphatic carbocycles. The van der Waals surface area contributed by atoms with Gasteiger partial charge in [0.1, 0.15) is 6.61 Å². The third-order valence-electron chi connectivity index (χ3n) is 3.52. The minimum Gasteiger partial charge on any atom is -0.494 e. The van der Waals surface area contributed by atoms with Crippen LogP contribution < -0.4 is 9.46 Å². The third-order valence-corrected chi connectivity index (χ3v) is 4.99. The highest BCUT2D eigenvalue weighted by atomic mass is 32.2. The lowest BCUT2D eigenvalue weighted by atomic mass is 10.2. The molecule has 0 bridgehead atoms. The van der Waals surface area contributed by atoms with Crippen LogP contribution in [0.15, 0.2) is 47.4 Å². The number of carbonyl (C=O) groups is 1. The van der Waals surface area contributed by atoms with Gasteiger partial charge >= 0.3 is 5.97 Å². The summed E-state index contributed by atoms with van der Waals surface area (Å²) in [5.74, 6) is -1.15. The van der Waals surface area contributed by atoms with Crippen LogP contribution in [0.1, 0.15) is 22.3 Å². The van der Waals surface area contributed by atoms with Gasteiger partial charge in [0.05, 0.1) is 23.6 Å². The number of hydrogen-bond donors (Lipinski definition) is 1. The van der Waals surface area contributed by atoms with Crippen LogP contribution in [0.5, 0.6) is 5.75 Å². The summed E-state index contributed by atoms with van der Waals surface area (Å²) >= 11 is 0. The average Bonchev–Trinajstić information content (AvgIpc) is 2.66. The van der Waals surface area contributed by atoms with Gasteiger partial charge in [-0.15, -0.1) is 0 Å². The van der Waals surface area contributed by atoms with E-state index in [4.69, 9.17) is 14.7 Å². The van der Waals surface area contributed by atoms with E-state index in [9.17, 15) is 17.6 Å². The molecule has 9 heteroatoms. The maximum atomic E-state index is 13.6. The highest BCUT2D eigenvalue weighted by Gasteiger charge is 2.15. The van der Waals surface area contributed by atoms with Crippen molar-refractivity contribution in [1.82, 2.24) is 4.72 Å². The van der Waals surface area contributed by atoms with E-state index in [1.807, 2.05) is 6.07 Å². The van der Waals surface area contributed by atoms with Gasteiger partial charge in [0.2, 0.25) is 10.0 Å². The molecule has 0 aliphatic rings. The first-order valence-electron chi connectivity index (χ1n) is 7.83. The highest BCUT2D eigenvalue weighted by molar-refractivity contribution is 7.89. The number of ether oxygens (including phenoxy) is 2. The van der Waals surface area contributed by atoms with Crippen molar-refractivity contribution in [2.24, 2.45) is 0 Å². The zero-order valence-corrected chi connectivity index (χ0v) is 15.3. The Hall–Kier alpha value is -2.96. The Balaban J connectivity index is 1.99. The van der Waals surface area contributed by atoms with E-state index < -0.39 is 21.8 Å². The minimum atomic E-state index is -3.75. The number of rotatable bonds is 8. The third kappa shape index (κ3) is 5.51. The van der Waals surface area contributed by atoms with Crippen molar-refractivity contribution in [3.63, 3.8) is 0 Å². The Morgan fingerprint density at radius 3 is 2.52 bits per heavy atom. The van der Waals surface area contributed by atoms with E-state index in [2.05, 4.69) is 4.72 Å². The van der Waals surface area contributed by atoms with Gasteiger partial charge in [-0.25, -0.2) is 22.3 Å². The summed E-state index contributed by atoms with van der Waals surface area (Å²) in [6, 6.07) is 11.2. The van der Waals surface area contributed by atoms with E-state index >= 15 is 0 Å². The summed E-state index contributed by atoms with van der Waals surface area (Å²) in [6.07, 6.45) is 0.0512. The molecule has 0 fully saturated rings. The number of esters is 1. The highest BCUT2D eigenvalue weighted by Crippen LogP contribution is 2.18. The number of sulfonamides is 1. The molecule has 2 rings (SSSR count). The van der Waals surface area contributed by atoms with E-state index in [1.165, 1.54) is 43.5 Å². The van der Waals surface area contributed by atoms with Crippen LogP contribution >= 0.6 is 0 Å². The van der Waals surface area contributed by atoms with Gasteiger partial charge in [0, 0.05) is 13.0 Å². The molecule has 0 spiro atoms. The van der Waals surface area contributed by atoms with Gasteiger partial charge in [0.25, 0.3) is 0 Å². The first kappa shape index (κ1) is 20.4. The van der Waals surface area contributed by atoms with Crippen molar-refractivity contribution in [2.45, 2.75) is 17.9 Å². The van der Waals surface area contributed by atoms with E-state index in [0.717, 1.165) is 0 Å². The molecular formula is C18H17FN2O5S. The van der Waals surface area contributed by atoms with Gasteiger partial charge in [0.15, 0.2) is 11.6 Å². The van der Waals surface area contributed by atoms with Crippen LogP contribution in [-0.2, 0) is 21.4 Å². The van der Waals surface area contributed by atoms with Crippen molar-refractivity contribution >= 4 is 16.0 Å². The number of nitrogens with one attached hydrogen (secondary N) is 1. The van der Waals surface area contributed by atoms with Gasteiger partial charge in [-0.05, 0) is 42.0 Å². The minimum absolute atomic E-state index is 0.00104. The summed E-state index contributed by atoms with van der Waals surface area (Å²) in [6.45, 7) is -0.142. The number of hydrogen-bond acceptors (Lipinski definition) is 6. The monoisotopic (exact) mass is 392 g/mol. The van der Waals surface area contributed by atoms with Gasteiger partial charge in [-0.1, -0.05) is 6.07 Å². The Bertz CT molecular complexity index is 953. The lowest BCUT2D eigenvalue weighted by molar-refractivity contribution is 0.0472. The molecule has 0 aromatic heterocycles. The molecule has 0 heterocycles. The largest absolute Gasteiger partial charge is 0.494 e. The van der Waals surface area contributed by atoms with E-state index in [1.54, 1.807) is 6.07 Å². The van der Waals surface area contributed by atoms with Crippen molar-refractivity contribution in [1.29, 1.82) is 5.26 Å². The lowest BCUT2D eigenvalue weighted by Gasteiger charge is -2.08. The smallest absolute Gasteiger partial charge is 0.338 e. The van der Waals surface area contributed by atoms with E-state index in [0.29, 0.717) is 5.56 Å². The second-order valence-electron chi connectivity index (χ2n) is 5.38. The second kappa shape index (κ2) is 9.12. The molecule has 0 saturated heterocycles. The fourth-order valence-corrected chi connectivity index (χ4v) is 3.16. The molecule has 0 radical (unpaired) electrons. The predicted octanol–water partition coefficient (Wildman–Crippen LogP) is 2.38. The number of methoxy groups -OCH3 is 1. The molecule has 0 aliphatic heterocycles. The molecule has 142 valence electrons. The number of nitriles is 1. The number of benzene rings is 2. The van der Waals surface area contributed by atoms with Gasteiger partial charge in [-0.3, -0.25) is 0 Å². The molecular weight excluding hydrogens is 375 g/mol. The Morgan fingerprint density at radius 1 is 1.22 bits per heavy atom.